The predicted octanol–water partition coefficient (Wildman–Crippen LogP) is -2.00. The van der Waals surface area contributed by atoms with Crippen LogP contribution < -0.4 is 24.6 Å². The summed E-state index contributed by atoms with van der Waals surface area (Å²) in [5.41, 5.74) is 6.65. The van der Waals surface area contributed by atoms with Crippen LogP contribution in [-0.4, -0.2) is 28.3 Å². The molecule has 0 aliphatic rings. The van der Waals surface area contributed by atoms with E-state index >= 15 is 0 Å². The van der Waals surface area contributed by atoms with E-state index < -0.39 is 5.91 Å². The maximum Gasteiger partial charge on any atom is 1.00 e. The molecule has 2 aromatic rings. The van der Waals surface area contributed by atoms with Crippen LogP contribution in [0.5, 0.6) is 0 Å². The van der Waals surface area contributed by atoms with Crippen molar-refractivity contribution < 1.29 is 25.1 Å². The maximum absolute atomic E-state index is 10.9. The molecule has 2 rings (SSSR count). The average Bonchev–Trinajstić information content (AvgIpc) is 2.47. The van der Waals surface area contributed by atoms with Gasteiger partial charge in [0.2, 0.25) is 0 Å². The molecule has 0 aliphatic heterocycles. The second-order valence-corrected chi connectivity index (χ2v) is 2.61. The van der Waals surface area contributed by atoms with Crippen LogP contribution in [0.1, 0.15) is 11.8 Å². The number of aromatic amines is 1. The summed E-state index contributed by atoms with van der Waals surface area (Å²) in [7, 11) is 0. The summed E-state index contributed by atoms with van der Waals surface area (Å²) in [6, 6.07) is 7.56. The van der Waals surface area contributed by atoms with Gasteiger partial charge >= 0.3 is 18.9 Å². The predicted molar refractivity (Wildman–Crippen MR) is 53.7 cm³/mol. The van der Waals surface area contributed by atoms with Gasteiger partial charge in [-0.25, -0.2) is 0 Å². The molecule has 1 amide bonds. The van der Waals surface area contributed by atoms with Crippen molar-refractivity contribution in [2.45, 2.75) is 0 Å². The summed E-state index contributed by atoms with van der Waals surface area (Å²) in [5.74, 6) is -0.396. The van der Waals surface area contributed by atoms with Crippen molar-refractivity contribution in [1.29, 1.82) is 0 Å². The van der Waals surface area contributed by atoms with Crippen molar-refractivity contribution in [3.05, 3.63) is 36.0 Å². The number of amides is 1. The molecular formula is C9H9AlLiN2O. The minimum atomic E-state index is -0.396. The fraction of sp³-hybridized carbons (Fsp3) is 0. The summed E-state index contributed by atoms with van der Waals surface area (Å²) in [4.78, 5) is 13.8. The Kier molecular flexibility index (Phi) is 5.05. The largest absolute Gasteiger partial charge is 1.00 e. The molecule has 0 bridgehead atoms. The smallest absolute Gasteiger partial charge is 1.00 e. The Balaban J connectivity index is 0. The number of nitrogens with two attached hydrogens (primary N) is 1. The minimum Gasteiger partial charge on any atom is -1.00 e. The number of H-pyrrole nitrogens is 1. The minimum absolute atomic E-state index is 0. The Bertz CT molecular complexity index is 446. The third-order valence-electron chi connectivity index (χ3n) is 1.85. The molecule has 0 unspecified atom stereocenters. The summed E-state index contributed by atoms with van der Waals surface area (Å²) >= 11 is 0. The van der Waals surface area contributed by atoms with Crippen molar-refractivity contribution in [1.82, 2.24) is 4.98 Å². The van der Waals surface area contributed by atoms with E-state index in [0.717, 1.165) is 10.9 Å². The van der Waals surface area contributed by atoms with Gasteiger partial charge in [0.1, 0.15) is 0 Å². The van der Waals surface area contributed by atoms with Crippen LogP contribution in [-0.2, 0) is 0 Å². The monoisotopic (exact) mass is 195 g/mol. The van der Waals surface area contributed by atoms with E-state index in [-0.39, 0.29) is 37.6 Å². The molecule has 14 heavy (non-hydrogen) atoms. The molecule has 0 aliphatic carbocycles. The van der Waals surface area contributed by atoms with E-state index in [1.807, 2.05) is 24.3 Å². The molecule has 0 spiro atoms. The fourth-order valence-corrected chi connectivity index (χ4v) is 1.28. The molecule has 0 fully saturated rings. The SMILES string of the molecule is NC(=O)c1c[nH]c2ccccc12.[Al].[H-].[Li+]. The molecule has 0 saturated carbocycles. The van der Waals surface area contributed by atoms with Crippen LogP contribution in [0.3, 0.4) is 0 Å². The normalized spacial score (nSPS) is 8.86. The molecule has 1 aromatic carbocycles. The van der Waals surface area contributed by atoms with Gasteiger partial charge in [-0.1, -0.05) is 18.2 Å². The number of rotatable bonds is 1. The Morgan fingerprint density at radius 3 is 2.64 bits per heavy atom. The van der Waals surface area contributed by atoms with Crippen LogP contribution >= 0.6 is 0 Å². The summed E-state index contributed by atoms with van der Waals surface area (Å²) in [5, 5.41) is 0.880. The molecule has 65 valence electrons. The molecule has 3 radical (unpaired) electrons. The molecule has 1 heterocycles. The molecular weight excluding hydrogens is 186 g/mol. The number of para-hydroxylation sites is 1. The molecule has 3 nitrogen and oxygen atoms in total. The number of nitrogens with one attached hydrogen (secondary N) is 1. The van der Waals surface area contributed by atoms with Gasteiger partial charge in [-0.3, -0.25) is 4.79 Å². The van der Waals surface area contributed by atoms with Crippen LogP contribution in [0.4, 0.5) is 0 Å². The number of aromatic nitrogens is 1. The third-order valence-corrected chi connectivity index (χ3v) is 1.85. The Hall–Kier alpha value is -0.640. The van der Waals surface area contributed by atoms with E-state index in [9.17, 15) is 4.79 Å². The average molecular weight is 195 g/mol. The summed E-state index contributed by atoms with van der Waals surface area (Å²) in [6.07, 6.45) is 1.63. The number of hydrogen-bond acceptors (Lipinski definition) is 1. The van der Waals surface area contributed by atoms with E-state index in [0.29, 0.717) is 5.56 Å². The van der Waals surface area contributed by atoms with Crippen LogP contribution in [0.2, 0.25) is 0 Å². The number of carbonyl (C=O) groups is 1. The van der Waals surface area contributed by atoms with Gasteiger partial charge < -0.3 is 12.1 Å². The Morgan fingerprint density at radius 2 is 2.00 bits per heavy atom. The third kappa shape index (κ3) is 2.23. The van der Waals surface area contributed by atoms with Gasteiger partial charge in [0.05, 0.1) is 5.56 Å². The molecule has 3 N–H and O–H groups in total. The number of carbonyl (C=O) groups excluding carboxylic acids is 1. The van der Waals surface area contributed by atoms with Gasteiger partial charge in [-0.2, -0.15) is 0 Å². The Labute approximate surface area is 106 Å². The quantitative estimate of drug-likeness (QED) is 0.508. The van der Waals surface area contributed by atoms with Crippen molar-refractivity contribution in [2.75, 3.05) is 0 Å². The molecule has 0 saturated heterocycles. The standard InChI is InChI=1S/C9H8N2O.Al.Li.H/c10-9(12)7-5-11-8-4-2-1-3-6(7)8;;;/h1-5,11H,(H2,10,12);;;/q;;+1;-1. The first kappa shape index (κ1) is 13.4. The number of primary amides is 1. The van der Waals surface area contributed by atoms with Gasteiger partial charge in [0.15, 0.2) is 0 Å². The summed E-state index contributed by atoms with van der Waals surface area (Å²) < 4.78 is 0. The maximum atomic E-state index is 10.9. The molecule has 1 aromatic heterocycles. The van der Waals surface area contributed by atoms with Crippen molar-refractivity contribution in [2.24, 2.45) is 5.73 Å². The molecule has 0 atom stereocenters. The second kappa shape index (κ2) is 5.29. The van der Waals surface area contributed by atoms with Crippen LogP contribution in [0, 0.1) is 0 Å². The van der Waals surface area contributed by atoms with Gasteiger partial charge in [-0.05, 0) is 6.07 Å². The van der Waals surface area contributed by atoms with E-state index in [4.69, 9.17) is 5.73 Å². The van der Waals surface area contributed by atoms with Gasteiger partial charge in [0, 0.05) is 34.5 Å². The van der Waals surface area contributed by atoms with Crippen molar-refractivity contribution in [3.63, 3.8) is 0 Å². The van der Waals surface area contributed by atoms with Crippen LogP contribution in [0.25, 0.3) is 10.9 Å². The first-order valence-electron chi connectivity index (χ1n) is 3.65. The fourth-order valence-electron chi connectivity index (χ4n) is 1.28. The number of fused-ring (bicyclic) bond motifs is 1. The van der Waals surface area contributed by atoms with Gasteiger partial charge in [0.25, 0.3) is 5.91 Å². The van der Waals surface area contributed by atoms with E-state index in [1.54, 1.807) is 6.20 Å². The number of hydrogen-bond donors (Lipinski definition) is 2. The molecule has 5 heteroatoms. The van der Waals surface area contributed by atoms with E-state index in [1.165, 1.54) is 0 Å². The first-order chi connectivity index (χ1) is 5.79. The zero-order valence-corrected chi connectivity index (χ0v) is 9.10. The zero-order valence-electron chi connectivity index (χ0n) is 8.95. The van der Waals surface area contributed by atoms with E-state index in [2.05, 4.69) is 4.98 Å². The van der Waals surface area contributed by atoms with Crippen molar-refractivity contribution >= 4 is 34.2 Å². The summed E-state index contributed by atoms with van der Waals surface area (Å²) in [6.45, 7) is 0. The van der Waals surface area contributed by atoms with Gasteiger partial charge in [-0.15, -0.1) is 0 Å². The topological polar surface area (TPSA) is 58.9 Å². The zero-order chi connectivity index (χ0) is 8.55. The Morgan fingerprint density at radius 1 is 1.36 bits per heavy atom. The van der Waals surface area contributed by atoms with Crippen molar-refractivity contribution in [3.8, 4) is 0 Å². The first-order valence-corrected chi connectivity index (χ1v) is 3.65. The van der Waals surface area contributed by atoms with Crippen LogP contribution in [0.15, 0.2) is 30.5 Å². The number of benzene rings is 1. The second-order valence-electron chi connectivity index (χ2n) is 2.61.